The summed E-state index contributed by atoms with van der Waals surface area (Å²) in [6.45, 7) is 6.46. The highest BCUT2D eigenvalue weighted by atomic mass is 16.6. The Balaban J connectivity index is 1.37. The zero-order valence-corrected chi connectivity index (χ0v) is 20.1. The number of nitro groups is 1. The largest absolute Gasteiger partial charge is 0.378 e. The van der Waals surface area contributed by atoms with Gasteiger partial charge in [0.2, 0.25) is 0 Å². The highest BCUT2D eigenvalue weighted by Crippen LogP contribution is 2.50. The lowest BCUT2D eigenvalue weighted by Gasteiger charge is -2.37. The molecule has 0 aromatic heterocycles. The quantitative estimate of drug-likeness (QED) is 0.246. The fourth-order valence-corrected chi connectivity index (χ4v) is 5.13. The van der Waals surface area contributed by atoms with Gasteiger partial charge in [-0.15, -0.1) is 0 Å². The molecule has 0 bridgehead atoms. The number of carbonyl (C=O) groups is 1. The molecule has 1 aliphatic carbocycles. The van der Waals surface area contributed by atoms with E-state index >= 15 is 0 Å². The summed E-state index contributed by atoms with van der Waals surface area (Å²) in [5.74, 6) is 0.394. The molecule has 1 heterocycles. The summed E-state index contributed by atoms with van der Waals surface area (Å²) in [6, 6.07) is 20.6. The average Bonchev–Trinajstić information content (AvgIpc) is 3.34. The molecule has 3 unspecified atom stereocenters. The number of benzene rings is 3. The summed E-state index contributed by atoms with van der Waals surface area (Å²) in [4.78, 5) is 23.6. The second-order valence-corrected chi connectivity index (χ2v) is 10.4. The monoisotopic (exact) mass is 467 g/mol. The molecule has 3 aromatic carbocycles. The van der Waals surface area contributed by atoms with Gasteiger partial charge in [0.1, 0.15) is 0 Å². The zero-order valence-electron chi connectivity index (χ0n) is 20.1. The first kappa shape index (κ1) is 22.8. The zero-order chi connectivity index (χ0) is 24.7. The number of anilines is 2. The standard InChI is InChI=1S/C29H29N3O3/c1-29(2,3)20-11-7-19(8-12-20)28(33)30-21-13-16-26-25(17-21)23-5-4-6-24(23)27(31-26)18-9-14-22(15-10-18)32(34)35/h4-5,7-17,23-24,27,31H,6H2,1-3H3,(H,30,33). The van der Waals surface area contributed by atoms with Crippen LogP contribution in [0.2, 0.25) is 0 Å². The predicted octanol–water partition coefficient (Wildman–Crippen LogP) is 6.97. The molecule has 178 valence electrons. The van der Waals surface area contributed by atoms with Gasteiger partial charge in [-0.1, -0.05) is 57.2 Å². The number of amides is 1. The van der Waals surface area contributed by atoms with E-state index in [1.807, 2.05) is 48.5 Å². The highest BCUT2D eigenvalue weighted by molar-refractivity contribution is 6.04. The van der Waals surface area contributed by atoms with E-state index in [9.17, 15) is 14.9 Å². The molecule has 6 nitrogen and oxygen atoms in total. The first-order valence-electron chi connectivity index (χ1n) is 11.9. The summed E-state index contributed by atoms with van der Waals surface area (Å²) in [5, 5.41) is 17.7. The molecule has 35 heavy (non-hydrogen) atoms. The van der Waals surface area contributed by atoms with Crippen LogP contribution in [-0.4, -0.2) is 10.8 Å². The molecule has 0 fully saturated rings. The van der Waals surface area contributed by atoms with Crippen LogP contribution < -0.4 is 10.6 Å². The summed E-state index contributed by atoms with van der Waals surface area (Å²) < 4.78 is 0. The third kappa shape index (κ3) is 4.44. The highest BCUT2D eigenvalue weighted by Gasteiger charge is 2.38. The molecule has 3 aromatic rings. The lowest BCUT2D eigenvalue weighted by atomic mass is 9.77. The molecule has 3 atom stereocenters. The van der Waals surface area contributed by atoms with E-state index in [1.165, 1.54) is 5.56 Å². The summed E-state index contributed by atoms with van der Waals surface area (Å²) in [5.41, 5.74) is 5.94. The Hall–Kier alpha value is -3.93. The number of fused-ring (bicyclic) bond motifs is 3. The van der Waals surface area contributed by atoms with Gasteiger partial charge in [-0.25, -0.2) is 0 Å². The number of nitrogens with zero attached hydrogens (tertiary/aromatic N) is 1. The Morgan fingerprint density at radius 1 is 1.03 bits per heavy atom. The van der Waals surface area contributed by atoms with E-state index in [0.29, 0.717) is 11.5 Å². The third-order valence-electron chi connectivity index (χ3n) is 7.10. The second-order valence-electron chi connectivity index (χ2n) is 10.4. The van der Waals surface area contributed by atoms with Gasteiger partial charge in [-0.3, -0.25) is 14.9 Å². The van der Waals surface area contributed by atoms with E-state index in [4.69, 9.17) is 0 Å². The lowest BCUT2D eigenvalue weighted by molar-refractivity contribution is -0.384. The fourth-order valence-electron chi connectivity index (χ4n) is 5.13. The molecular formula is C29H29N3O3. The van der Waals surface area contributed by atoms with Crippen LogP contribution in [0.5, 0.6) is 0 Å². The van der Waals surface area contributed by atoms with Crippen molar-refractivity contribution in [2.45, 2.75) is 44.6 Å². The predicted molar refractivity (Wildman–Crippen MR) is 139 cm³/mol. The first-order chi connectivity index (χ1) is 16.7. The number of nitrogens with one attached hydrogen (secondary N) is 2. The van der Waals surface area contributed by atoms with Crippen molar-refractivity contribution in [2.24, 2.45) is 5.92 Å². The number of carbonyl (C=O) groups excluding carboxylic acids is 1. The molecule has 2 N–H and O–H groups in total. The van der Waals surface area contributed by atoms with Gasteiger partial charge in [-0.2, -0.15) is 0 Å². The maximum atomic E-state index is 12.9. The van der Waals surface area contributed by atoms with E-state index in [0.717, 1.165) is 28.9 Å². The van der Waals surface area contributed by atoms with Crippen molar-refractivity contribution < 1.29 is 9.72 Å². The third-order valence-corrected chi connectivity index (χ3v) is 7.10. The SMILES string of the molecule is CC(C)(C)c1ccc(C(=O)Nc2ccc3c(c2)C2C=CCC2C(c2ccc([N+](=O)[O-])cc2)N3)cc1. The number of nitro benzene ring substituents is 1. The molecule has 2 aliphatic rings. The van der Waals surface area contributed by atoms with E-state index in [1.54, 1.807) is 12.1 Å². The number of non-ortho nitro benzene ring substituents is 1. The van der Waals surface area contributed by atoms with Crippen molar-refractivity contribution in [3.05, 3.63) is 111 Å². The van der Waals surface area contributed by atoms with Crippen LogP contribution in [0.1, 0.15) is 66.2 Å². The Morgan fingerprint density at radius 2 is 1.74 bits per heavy atom. The van der Waals surface area contributed by atoms with Crippen LogP contribution >= 0.6 is 0 Å². The van der Waals surface area contributed by atoms with Crippen LogP contribution in [0.4, 0.5) is 17.1 Å². The number of rotatable bonds is 4. The molecule has 1 aliphatic heterocycles. The van der Waals surface area contributed by atoms with Gasteiger partial charge in [0.15, 0.2) is 0 Å². The van der Waals surface area contributed by atoms with Gasteiger partial charge >= 0.3 is 0 Å². The van der Waals surface area contributed by atoms with E-state index in [2.05, 4.69) is 49.6 Å². The molecule has 5 rings (SSSR count). The van der Waals surface area contributed by atoms with Crippen molar-refractivity contribution in [2.75, 3.05) is 10.6 Å². The van der Waals surface area contributed by atoms with E-state index < -0.39 is 0 Å². The molecule has 6 heteroatoms. The maximum absolute atomic E-state index is 12.9. The van der Waals surface area contributed by atoms with Gasteiger partial charge in [-0.05, 0) is 64.8 Å². The smallest absolute Gasteiger partial charge is 0.269 e. The van der Waals surface area contributed by atoms with Crippen LogP contribution in [-0.2, 0) is 5.41 Å². The fraction of sp³-hybridized carbons (Fsp3) is 0.276. The van der Waals surface area contributed by atoms with Gasteiger partial charge < -0.3 is 10.6 Å². The van der Waals surface area contributed by atoms with Crippen LogP contribution in [0.3, 0.4) is 0 Å². The lowest BCUT2D eigenvalue weighted by Crippen LogP contribution is -2.29. The van der Waals surface area contributed by atoms with Crippen molar-refractivity contribution in [3.8, 4) is 0 Å². The van der Waals surface area contributed by atoms with Gasteiger partial charge in [0.05, 0.1) is 11.0 Å². The molecule has 0 saturated heterocycles. The van der Waals surface area contributed by atoms with Crippen molar-refractivity contribution in [1.29, 1.82) is 0 Å². The van der Waals surface area contributed by atoms with Crippen molar-refractivity contribution in [1.82, 2.24) is 0 Å². The Bertz CT molecular complexity index is 1300. The minimum Gasteiger partial charge on any atom is -0.378 e. The van der Waals surface area contributed by atoms with Gasteiger partial charge in [0, 0.05) is 35.0 Å². The Kier molecular flexibility index (Phi) is 5.67. The summed E-state index contributed by atoms with van der Waals surface area (Å²) in [6.07, 6.45) is 5.36. The number of allylic oxidation sites excluding steroid dienone is 2. The summed E-state index contributed by atoms with van der Waals surface area (Å²) >= 11 is 0. The molecule has 0 spiro atoms. The van der Waals surface area contributed by atoms with Crippen molar-refractivity contribution >= 4 is 23.0 Å². The van der Waals surface area contributed by atoms with Crippen LogP contribution in [0, 0.1) is 16.0 Å². The normalized spacial score (nSPS) is 20.5. The molecule has 1 amide bonds. The minimum atomic E-state index is -0.373. The minimum absolute atomic E-state index is 0.0398. The second kappa shape index (κ2) is 8.69. The topological polar surface area (TPSA) is 84.3 Å². The Morgan fingerprint density at radius 3 is 2.40 bits per heavy atom. The van der Waals surface area contributed by atoms with Crippen LogP contribution in [0.25, 0.3) is 0 Å². The molecule has 0 saturated carbocycles. The number of hydrogen-bond donors (Lipinski definition) is 2. The van der Waals surface area contributed by atoms with Gasteiger partial charge in [0.25, 0.3) is 11.6 Å². The first-order valence-corrected chi connectivity index (χ1v) is 11.9. The maximum Gasteiger partial charge on any atom is 0.269 e. The number of hydrogen-bond acceptors (Lipinski definition) is 4. The van der Waals surface area contributed by atoms with Crippen molar-refractivity contribution in [3.63, 3.8) is 0 Å². The Labute approximate surface area is 205 Å². The average molecular weight is 468 g/mol. The van der Waals surface area contributed by atoms with E-state index in [-0.39, 0.29) is 33.9 Å². The molecule has 0 radical (unpaired) electrons. The molecular weight excluding hydrogens is 438 g/mol. The summed E-state index contributed by atoms with van der Waals surface area (Å²) in [7, 11) is 0. The van der Waals surface area contributed by atoms with Crippen LogP contribution in [0.15, 0.2) is 78.9 Å².